The SMILES string of the molecule is [C-]#[N+]c1c[nH]c2nc(Nc3ccc(C(=O)N4CCN(C)CC4)cc3OC(C)C)nc(OCC)c12. The third-order valence-corrected chi connectivity index (χ3v) is 5.51. The third kappa shape index (κ3) is 4.89. The summed E-state index contributed by atoms with van der Waals surface area (Å²) in [7, 11) is 2.06. The average Bonchev–Trinajstić information content (AvgIpc) is 3.23. The van der Waals surface area contributed by atoms with Gasteiger partial charge in [0.25, 0.3) is 5.91 Å². The quantitative estimate of drug-likeness (QED) is 0.514. The van der Waals surface area contributed by atoms with Crippen molar-refractivity contribution in [2.75, 3.05) is 45.2 Å². The van der Waals surface area contributed by atoms with Crippen LogP contribution in [0.1, 0.15) is 31.1 Å². The number of likely N-dealkylation sites (N-methyl/N-ethyl adjacent to an activating group) is 1. The zero-order valence-electron chi connectivity index (χ0n) is 19.9. The zero-order valence-corrected chi connectivity index (χ0v) is 19.9. The minimum absolute atomic E-state index is 0.0115. The number of nitrogens with zero attached hydrogens (tertiary/aromatic N) is 5. The van der Waals surface area contributed by atoms with Crippen LogP contribution >= 0.6 is 0 Å². The molecular weight excluding hydrogens is 434 g/mol. The second-order valence-corrected chi connectivity index (χ2v) is 8.39. The molecule has 178 valence electrons. The number of hydrogen-bond donors (Lipinski definition) is 2. The fourth-order valence-corrected chi connectivity index (χ4v) is 3.79. The van der Waals surface area contributed by atoms with Gasteiger partial charge in [-0.1, -0.05) is 0 Å². The van der Waals surface area contributed by atoms with Gasteiger partial charge in [0, 0.05) is 37.9 Å². The minimum Gasteiger partial charge on any atom is -0.489 e. The van der Waals surface area contributed by atoms with Crippen molar-refractivity contribution in [2.24, 2.45) is 0 Å². The number of amides is 1. The predicted molar refractivity (Wildman–Crippen MR) is 130 cm³/mol. The van der Waals surface area contributed by atoms with Crippen LogP contribution in [0.5, 0.6) is 11.6 Å². The number of aromatic nitrogens is 3. The predicted octanol–water partition coefficient (Wildman–Crippen LogP) is 3.83. The second-order valence-electron chi connectivity index (χ2n) is 8.39. The van der Waals surface area contributed by atoms with Gasteiger partial charge in [0.15, 0.2) is 0 Å². The molecule has 1 amide bonds. The van der Waals surface area contributed by atoms with E-state index in [9.17, 15) is 4.79 Å². The molecule has 1 aromatic carbocycles. The van der Waals surface area contributed by atoms with Crippen LogP contribution in [-0.2, 0) is 0 Å². The van der Waals surface area contributed by atoms with E-state index in [-0.39, 0.29) is 12.0 Å². The van der Waals surface area contributed by atoms with Crippen LogP contribution in [0.25, 0.3) is 15.9 Å². The van der Waals surface area contributed by atoms with E-state index < -0.39 is 0 Å². The van der Waals surface area contributed by atoms with Gasteiger partial charge in [-0.25, -0.2) is 4.85 Å². The molecule has 0 atom stereocenters. The molecule has 1 aliphatic heterocycles. The molecule has 2 aromatic heterocycles. The second kappa shape index (κ2) is 9.97. The zero-order chi connectivity index (χ0) is 24.2. The molecule has 3 heterocycles. The van der Waals surface area contributed by atoms with Gasteiger partial charge in [-0.3, -0.25) is 4.79 Å². The number of benzene rings is 1. The van der Waals surface area contributed by atoms with Gasteiger partial charge in [-0.15, -0.1) is 0 Å². The number of hydrogen-bond acceptors (Lipinski definition) is 7. The van der Waals surface area contributed by atoms with Crippen LogP contribution in [0.2, 0.25) is 0 Å². The molecule has 0 radical (unpaired) electrons. The molecule has 0 aliphatic carbocycles. The molecule has 0 saturated carbocycles. The largest absolute Gasteiger partial charge is 0.489 e. The summed E-state index contributed by atoms with van der Waals surface area (Å²) < 4.78 is 11.7. The van der Waals surface area contributed by atoms with Crippen molar-refractivity contribution in [3.05, 3.63) is 41.4 Å². The van der Waals surface area contributed by atoms with Crippen LogP contribution in [0, 0.1) is 6.57 Å². The van der Waals surface area contributed by atoms with E-state index in [1.807, 2.05) is 25.7 Å². The van der Waals surface area contributed by atoms with E-state index in [0.717, 1.165) is 13.1 Å². The maximum atomic E-state index is 13.1. The van der Waals surface area contributed by atoms with E-state index in [0.29, 0.717) is 65.2 Å². The Balaban J connectivity index is 1.65. The number of carbonyl (C=O) groups excluding carboxylic acids is 1. The summed E-state index contributed by atoms with van der Waals surface area (Å²) >= 11 is 0. The highest BCUT2D eigenvalue weighted by Crippen LogP contribution is 2.35. The highest BCUT2D eigenvalue weighted by Gasteiger charge is 2.22. The van der Waals surface area contributed by atoms with Crippen LogP contribution < -0.4 is 14.8 Å². The lowest BCUT2D eigenvalue weighted by Crippen LogP contribution is -2.47. The highest BCUT2D eigenvalue weighted by atomic mass is 16.5. The number of anilines is 2. The Bertz CT molecular complexity index is 1220. The Hall–Kier alpha value is -3.84. The Labute approximate surface area is 198 Å². The van der Waals surface area contributed by atoms with Crippen molar-refractivity contribution in [3.63, 3.8) is 0 Å². The number of carbonyl (C=O) groups is 1. The number of rotatable bonds is 7. The molecule has 1 saturated heterocycles. The van der Waals surface area contributed by atoms with Crippen molar-refractivity contribution in [1.82, 2.24) is 24.8 Å². The lowest BCUT2D eigenvalue weighted by atomic mass is 10.1. The van der Waals surface area contributed by atoms with Gasteiger partial charge >= 0.3 is 0 Å². The molecule has 10 nitrogen and oxygen atoms in total. The molecule has 4 rings (SSSR count). The fourth-order valence-electron chi connectivity index (χ4n) is 3.79. The fraction of sp³-hybridized carbons (Fsp3) is 0.417. The smallest absolute Gasteiger partial charge is 0.254 e. The molecular formula is C24H29N7O3. The van der Waals surface area contributed by atoms with Gasteiger partial charge in [0.2, 0.25) is 17.5 Å². The van der Waals surface area contributed by atoms with E-state index >= 15 is 0 Å². The summed E-state index contributed by atoms with van der Waals surface area (Å²) in [6.07, 6.45) is 1.49. The summed E-state index contributed by atoms with van der Waals surface area (Å²) in [6.45, 7) is 16.6. The van der Waals surface area contributed by atoms with Crippen molar-refractivity contribution in [3.8, 4) is 11.6 Å². The van der Waals surface area contributed by atoms with Gasteiger partial charge in [-0.05, 0) is 46.0 Å². The molecule has 34 heavy (non-hydrogen) atoms. The molecule has 0 bridgehead atoms. The van der Waals surface area contributed by atoms with Crippen LogP contribution in [0.4, 0.5) is 17.3 Å². The normalized spacial score (nSPS) is 14.3. The first-order chi connectivity index (χ1) is 16.4. The molecule has 0 unspecified atom stereocenters. The Morgan fingerprint density at radius 3 is 2.71 bits per heavy atom. The lowest BCUT2D eigenvalue weighted by molar-refractivity contribution is 0.0663. The van der Waals surface area contributed by atoms with E-state index in [1.165, 1.54) is 0 Å². The number of piperazine rings is 1. The van der Waals surface area contributed by atoms with Crippen LogP contribution in [-0.4, -0.2) is 76.6 Å². The van der Waals surface area contributed by atoms with Crippen LogP contribution in [0.15, 0.2) is 24.4 Å². The molecule has 1 fully saturated rings. The first kappa shape index (κ1) is 23.3. The summed E-state index contributed by atoms with van der Waals surface area (Å²) in [6, 6.07) is 5.34. The number of nitrogens with one attached hydrogen (secondary N) is 2. The van der Waals surface area contributed by atoms with Crippen LogP contribution in [0.3, 0.4) is 0 Å². The van der Waals surface area contributed by atoms with Crippen molar-refractivity contribution < 1.29 is 14.3 Å². The highest BCUT2D eigenvalue weighted by molar-refractivity contribution is 5.96. The van der Waals surface area contributed by atoms with Crippen molar-refractivity contribution >= 4 is 34.3 Å². The van der Waals surface area contributed by atoms with E-state index in [4.69, 9.17) is 16.0 Å². The standard InChI is InChI=1S/C24H29N7O3/c1-6-33-22-20-18(25-4)14-26-21(20)28-24(29-22)27-17-8-7-16(13-19(17)34-15(2)3)23(32)31-11-9-30(5)10-12-31/h7-8,13-15H,6,9-12H2,1-3,5H3,(H2,26,27,28,29). The van der Waals surface area contributed by atoms with Gasteiger partial charge in [-0.2, -0.15) is 9.97 Å². The van der Waals surface area contributed by atoms with Gasteiger partial charge in [0.05, 0.1) is 30.4 Å². The maximum Gasteiger partial charge on any atom is 0.254 e. The van der Waals surface area contributed by atoms with Crippen molar-refractivity contribution in [2.45, 2.75) is 26.9 Å². The molecule has 0 spiro atoms. The minimum atomic E-state index is -0.0958. The summed E-state index contributed by atoms with van der Waals surface area (Å²) in [5, 5.41) is 3.74. The number of H-pyrrole nitrogens is 1. The summed E-state index contributed by atoms with van der Waals surface area (Å²) in [5.74, 6) is 1.14. The summed E-state index contributed by atoms with van der Waals surface area (Å²) in [4.78, 5) is 32.7. The molecule has 3 aromatic rings. The molecule has 10 heteroatoms. The number of ether oxygens (including phenoxy) is 2. The van der Waals surface area contributed by atoms with E-state index in [1.54, 1.807) is 24.4 Å². The topological polar surface area (TPSA) is 100.0 Å². The Kier molecular flexibility index (Phi) is 6.84. The summed E-state index contributed by atoms with van der Waals surface area (Å²) in [5.41, 5.74) is 2.10. The van der Waals surface area contributed by atoms with Gasteiger partial charge < -0.3 is 29.6 Å². The maximum absolute atomic E-state index is 13.1. The third-order valence-electron chi connectivity index (χ3n) is 5.51. The lowest BCUT2D eigenvalue weighted by Gasteiger charge is -2.32. The first-order valence-corrected chi connectivity index (χ1v) is 11.3. The molecule has 2 N–H and O–H groups in total. The van der Waals surface area contributed by atoms with E-state index in [2.05, 4.69) is 37.1 Å². The number of aromatic amines is 1. The van der Waals surface area contributed by atoms with Gasteiger partial charge in [0.1, 0.15) is 11.4 Å². The average molecular weight is 464 g/mol. The first-order valence-electron chi connectivity index (χ1n) is 11.3. The Morgan fingerprint density at radius 2 is 2.03 bits per heavy atom. The Morgan fingerprint density at radius 1 is 1.26 bits per heavy atom. The van der Waals surface area contributed by atoms with Crippen molar-refractivity contribution in [1.29, 1.82) is 0 Å². The molecule has 1 aliphatic rings. The monoisotopic (exact) mass is 463 g/mol. The number of fused-ring (bicyclic) bond motifs is 1.